The molecule has 2 atom stereocenters. The molecular weight excluding hydrogens is 530 g/mol. The summed E-state index contributed by atoms with van der Waals surface area (Å²) in [4.78, 5) is 15.7. The maximum Gasteiger partial charge on any atom is 0.246 e. The van der Waals surface area contributed by atoms with Gasteiger partial charge in [0.2, 0.25) is 15.9 Å². The lowest BCUT2D eigenvalue weighted by molar-refractivity contribution is -0.124. The average Bonchev–Trinajstić information content (AvgIpc) is 3.62. The monoisotopic (exact) mass is 565 g/mol. The van der Waals surface area contributed by atoms with Crippen molar-refractivity contribution in [3.63, 3.8) is 0 Å². The van der Waals surface area contributed by atoms with Crippen molar-refractivity contribution in [1.82, 2.24) is 24.3 Å². The van der Waals surface area contributed by atoms with Crippen molar-refractivity contribution >= 4 is 15.9 Å². The van der Waals surface area contributed by atoms with E-state index in [0.717, 1.165) is 29.7 Å². The van der Waals surface area contributed by atoms with Crippen molar-refractivity contribution in [3.8, 4) is 11.5 Å². The Balaban J connectivity index is 1.30. The van der Waals surface area contributed by atoms with Gasteiger partial charge in [-0.05, 0) is 62.1 Å². The van der Waals surface area contributed by atoms with E-state index < -0.39 is 22.2 Å². The minimum atomic E-state index is -3.84. The Morgan fingerprint density at radius 2 is 1.68 bits per heavy atom. The topological polar surface area (TPSA) is 106 Å². The first kappa shape index (κ1) is 26.9. The summed E-state index contributed by atoms with van der Waals surface area (Å²) in [7, 11) is -2.11. The van der Waals surface area contributed by atoms with Crippen molar-refractivity contribution in [3.05, 3.63) is 71.0 Å². The number of rotatable bonds is 3. The standard InChI is InChI=1S/C29H35N5O5S/c1-19-29(20(2)32(3)31-19)40(36,37)34-15-26-27(16-34)38-18-22-7-5-9-25(13-22)39-24-8-4-6-21(12-24)14-33(23-10-11-23)17-28(35)30-26/h4-9,12-13,23,26-27H,10-11,14-18H2,1-3H3,(H,30,35)/t26-,27-/m0/s1. The molecule has 212 valence electrons. The van der Waals surface area contributed by atoms with E-state index in [1.165, 1.54) is 4.31 Å². The van der Waals surface area contributed by atoms with Crippen LogP contribution in [0.3, 0.4) is 0 Å². The Morgan fingerprint density at radius 3 is 2.35 bits per heavy atom. The molecule has 0 unspecified atom stereocenters. The second-order valence-corrected chi connectivity index (χ2v) is 12.9. The zero-order valence-corrected chi connectivity index (χ0v) is 23.9. The molecule has 4 bridgehead atoms. The lowest BCUT2D eigenvalue weighted by atomic mass is 10.1. The molecule has 6 rings (SSSR count). The molecule has 1 amide bonds. The van der Waals surface area contributed by atoms with Gasteiger partial charge in [-0.1, -0.05) is 24.3 Å². The number of hydrogen-bond acceptors (Lipinski definition) is 7. The van der Waals surface area contributed by atoms with Crippen LogP contribution < -0.4 is 10.1 Å². The highest BCUT2D eigenvalue weighted by molar-refractivity contribution is 7.89. The summed E-state index contributed by atoms with van der Waals surface area (Å²) < 4.78 is 43.0. The van der Waals surface area contributed by atoms with E-state index in [1.54, 1.807) is 25.6 Å². The molecule has 1 saturated heterocycles. The molecule has 1 aliphatic carbocycles. The van der Waals surface area contributed by atoms with E-state index in [9.17, 15) is 13.2 Å². The van der Waals surface area contributed by atoms with Crippen LogP contribution in [0.4, 0.5) is 0 Å². The van der Waals surface area contributed by atoms with E-state index in [1.807, 2.05) is 48.5 Å². The highest BCUT2D eigenvalue weighted by Gasteiger charge is 2.43. The molecule has 2 aliphatic heterocycles. The van der Waals surface area contributed by atoms with Crippen LogP contribution in [0.2, 0.25) is 0 Å². The van der Waals surface area contributed by atoms with Crippen LogP contribution in [0.25, 0.3) is 0 Å². The van der Waals surface area contributed by atoms with Gasteiger partial charge in [0.05, 0.1) is 36.7 Å². The molecule has 3 aromatic rings. The molecule has 0 radical (unpaired) electrons. The van der Waals surface area contributed by atoms with Gasteiger partial charge in [0, 0.05) is 32.7 Å². The number of aryl methyl sites for hydroxylation is 2. The number of nitrogens with one attached hydrogen (secondary N) is 1. The lowest BCUT2D eigenvalue weighted by Gasteiger charge is -2.25. The van der Waals surface area contributed by atoms with Crippen LogP contribution in [0, 0.1) is 13.8 Å². The number of benzene rings is 2. The lowest BCUT2D eigenvalue weighted by Crippen LogP contribution is -2.48. The molecule has 2 aromatic carbocycles. The number of ether oxygens (including phenoxy) is 2. The zero-order valence-electron chi connectivity index (χ0n) is 23.0. The van der Waals surface area contributed by atoms with Crippen LogP contribution in [-0.4, -0.2) is 71.1 Å². The second kappa shape index (κ2) is 10.6. The molecule has 2 fully saturated rings. The minimum Gasteiger partial charge on any atom is -0.457 e. The molecular formula is C29H35N5O5S. The van der Waals surface area contributed by atoms with Crippen LogP contribution in [-0.2, 0) is 39.8 Å². The molecule has 1 N–H and O–H groups in total. The van der Waals surface area contributed by atoms with Gasteiger partial charge in [-0.15, -0.1) is 0 Å². The first-order chi connectivity index (χ1) is 19.2. The summed E-state index contributed by atoms with van der Waals surface area (Å²) in [5, 5.41) is 7.42. The number of sulfonamides is 1. The minimum absolute atomic E-state index is 0.126. The van der Waals surface area contributed by atoms with Gasteiger partial charge in [-0.3, -0.25) is 14.4 Å². The molecule has 1 saturated carbocycles. The van der Waals surface area contributed by atoms with Crippen LogP contribution in [0.5, 0.6) is 11.5 Å². The van der Waals surface area contributed by atoms with E-state index in [-0.39, 0.29) is 37.0 Å². The van der Waals surface area contributed by atoms with Crippen molar-refractivity contribution in [2.75, 3.05) is 19.6 Å². The first-order valence-corrected chi connectivity index (χ1v) is 15.1. The van der Waals surface area contributed by atoms with Crippen molar-refractivity contribution in [2.45, 2.75) is 62.9 Å². The largest absolute Gasteiger partial charge is 0.457 e. The summed E-state index contributed by atoms with van der Waals surface area (Å²) in [6.45, 7) is 4.81. The van der Waals surface area contributed by atoms with Crippen molar-refractivity contribution < 1.29 is 22.7 Å². The Bertz CT molecular complexity index is 1530. The molecule has 0 spiro atoms. The Kier molecular flexibility index (Phi) is 7.16. The molecule has 40 heavy (non-hydrogen) atoms. The molecule has 3 heterocycles. The quantitative estimate of drug-likeness (QED) is 0.521. The molecule has 3 aliphatic rings. The van der Waals surface area contributed by atoms with Gasteiger partial charge in [-0.2, -0.15) is 9.40 Å². The van der Waals surface area contributed by atoms with Crippen molar-refractivity contribution in [2.24, 2.45) is 7.05 Å². The average molecular weight is 566 g/mol. The third kappa shape index (κ3) is 5.51. The number of amides is 1. The predicted molar refractivity (Wildman–Crippen MR) is 148 cm³/mol. The number of aromatic nitrogens is 2. The predicted octanol–water partition coefficient (Wildman–Crippen LogP) is 2.88. The number of hydrogen-bond donors (Lipinski definition) is 1. The molecule has 1 aromatic heterocycles. The van der Waals surface area contributed by atoms with Gasteiger partial charge in [-0.25, -0.2) is 8.42 Å². The number of carbonyl (C=O) groups excluding carboxylic acids is 1. The van der Waals surface area contributed by atoms with Crippen molar-refractivity contribution in [1.29, 1.82) is 0 Å². The fraction of sp³-hybridized carbons (Fsp3) is 0.448. The SMILES string of the molecule is Cc1nn(C)c(C)c1S(=O)(=O)N1C[C@@H]2NC(=O)CN(C3CC3)Cc3cccc(c3)Oc3cccc(c3)CO[C@H]2C1. The van der Waals surface area contributed by atoms with E-state index >= 15 is 0 Å². The summed E-state index contributed by atoms with van der Waals surface area (Å²) >= 11 is 0. The zero-order chi connectivity index (χ0) is 28.0. The highest BCUT2D eigenvalue weighted by atomic mass is 32.2. The summed E-state index contributed by atoms with van der Waals surface area (Å²) in [6.07, 6.45) is 1.60. The van der Waals surface area contributed by atoms with Gasteiger partial charge < -0.3 is 14.8 Å². The molecule has 11 heteroatoms. The van der Waals surface area contributed by atoms with Gasteiger partial charge in [0.1, 0.15) is 16.4 Å². The fourth-order valence-corrected chi connectivity index (χ4v) is 7.55. The number of nitrogens with zero attached hydrogens (tertiary/aromatic N) is 4. The normalized spacial score (nSPS) is 22.9. The maximum absolute atomic E-state index is 13.8. The Hall–Kier alpha value is -3.25. The summed E-state index contributed by atoms with van der Waals surface area (Å²) in [5.41, 5.74) is 3.00. The summed E-state index contributed by atoms with van der Waals surface area (Å²) in [5.74, 6) is 1.30. The third-order valence-corrected chi connectivity index (χ3v) is 10.00. The fourth-order valence-electron chi connectivity index (χ4n) is 5.67. The van der Waals surface area contributed by atoms with E-state index in [2.05, 4.69) is 15.3 Å². The van der Waals surface area contributed by atoms with E-state index in [4.69, 9.17) is 9.47 Å². The smallest absolute Gasteiger partial charge is 0.246 e. The first-order valence-electron chi connectivity index (χ1n) is 13.7. The Morgan fingerprint density at radius 1 is 0.975 bits per heavy atom. The second-order valence-electron chi connectivity index (χ2n) is 11.0. The number of carbonyl (C=O) groups is 1. The van der Waals surface area contributed by atoms with Gasteiger partial charge >= 0.3 is 0 Å². The molecule has 10 nitrogen and oxygen atoms in total. The Labute approximate surface area is 234 Å². The number of fused-ring (bicyclic) bond motifs is 5. The third-order valence-electron chi connectivity index (χ3n) is 7.91. The highest BCUT2D eigenvalue weighted by Crippen LogP contribution is 2.31. The van der Waals surface area contributed by atoms with Crippen LogP contribution >= 0.6 is 0 Å². The maximum atomic E-state index is 13.8. The van der Waals surface area contributed by atoms with Gasteiger partial charge in [0.15, 0.2) is 0 Å². The summed E-state index contributed by atoms with van der Waals surface area (Å²) in [6, 6.07) is 15.5. The van der Waals surface area contributed by atoms with Crippen LogP contribution in [0.1, 0.15) is 35.4 Å². The van der Waals surface area contributed by atoms with Gasteiger partial charge in [0.25, 0.3) is 0 Å². The van der Waals surface area contributed by atoms with E-state index in [0.29, 0.717) is 29.7 Å². The van der Waals surface area contributed by atoms with Crippen LogP contribution in [0.15, 0.2) is 53.4 Å².